The molecule has 0 amide bonds. The smallest absolute Gasteiger partial charge is 0.354 e. The topological polar surface area (TPSA) is 64.3 Å². The van der Waals surface area contributed by atoms with Gasteiger partial charge < -0.3 is 9.84 Å². The Kier molecular flexibility index (Phi) is 3.29. The van der Waals surface area contributed by atoms with E-state index in [4.69, 9.17) is 9.84 Å². The van der Waals surface area contributed by atoms with Crippen LogP contribution < -0.4 is 4.74 Å². The molecule has 0 unspecified atom stereocenters. The summed E-state index contributed by atoms with van der Waals surface area (Å²) >= 11 is 0. The molecule has 2 rings (SSSR count). The van der Waals surface area contributed by atoms with Crippen LogP contribution in [0.4, 0.5) is 0 Å². The monoisotopic (exact) mass is 260 g/mol. The fourth-order valence-corrected chi connectivity index (χ4v) is 2.08. The standard InChI is InChI=1S/C14H16N2O3/c1-8-6-13(19-4)9(2)5-10(8)11-7-12(14(17)18)16(3)15-11/h5-7H,1-4H3,(H,17,18). The third-order valence-electron chi connectivity index (χ3n) is 3.12. The summed E-state index contributed by atoms with van der Waals surface area (Å²) in [5.74, 6) is -0.167. The lowest BCUT2D eigenvalue weighted by Gasteiger charge is -2.09. The molecule has 0 aliphatic rings. The van der Waals surface area contributed by atoms with E-state index in [9.17, 15) is 4.79 Å². The second-order valence-corrected chi connectivity index (χ2v) is 4.48. The van der Waals surface area contributed by atoms with Gasteiger partial charge in [-0.1, -0.05) is 0 Å². The van der Waals surface area contributed by atoms with Gasteiger partial charge in [0.25, 0.3) is 0 Å². The molecule has 0 radical (unpaired) electrons. The number of aryl methyl sites for hydroxylation is 3. The summed E-state index contributed by atoms with van der Waals surface area (Å²) in [7, 11) is 3.25. The van der Waals surface area contributed by atoms with Crippen molar-refractivity contribution in [2.45, 2.75) is 13.8 Å². The minimum atomic E-state index is -0.982. The molecule has 2 aromatic rings. The highest BCUT2D eigenvalue weighted by Gasteiger charge is 2.15. The van der Waals surface area contributed by atoms with Gasteiger partial charge in [0.1, 0.15) is 11.4 Å². The van der Waals surface area contributed by atoms with Gasteiger partial charge in [0, 0.05) is 12.6 Å². The quantitative estimate of drug-likeness (QED) is 0.920. The SMILES string of the molecule is COc1cc(C)c(-c2cc(C(=O)O)n(C)n2)cc1C. The van der Waals surface area contributed by atoms with Gasteiger partial charge in [0.2, 0.25) is 0 Å². The van der Waals surface area contributed by atoms with Gasteiger partial charge >= 0.3 is 5.97 Å². The third-order valence-corrected chi connectivity index (χ3v) is 3.12. The van der Waals surface area contributed by atoms with Crippen molar-refractivity contribution in [3.63, 3.8) is 0 Å². The second-order valence-electron chi connectivity index (χ2n) is 4.48. The van der Waals surface area contributed by atoms with Gasteiger partial charge in [0.15, 0.2) is 0 Å². The molecule has 1 aromatic carbocycles. The van der Waals surface area contributed by atoms with Crippen LogP contribution in [0.25, 0.3) is 11.3 Å². The van der Waals surface area contributed by atoms with Crippen LogP contribution in [0.15, 0.2) is 18.2 Å². The number of aromatic nitrogens is 2. The lowest BCUT2D eigenvalue weighted by molar-refractivity contribution is 0.0685. The molecule has 0 fully saturated rings. The number of methoxy groups -OCH3 is 1. The van der Waals surface area contributed by atoms with E-state index >= 15 is 0 Å². The van der Waals surface area contributed by atoms with Crippen LogP contribution in [0.2, 0.25) is 0 Å². The van der Waals surface area contributed by atoms with Crippen LogP contribution in [0.1, 0.15) is 21.6 Å². The summed E-state index contributed by atoms with van der Waals surface area (Å²) in [5, 5.41) is 13.3. The number of hydrogen-bond acceptors (Lipinski definition) is 3. The summed E-state index contributed by atoms with van der Waals surface area (Å²) in [4.78, 5) is 11.0. The maximum atomic E-state index is 11.0. The normalized spacial score (nSPS) is 10.5. The Morgan fingerprint density at radius 1 is 1.26 bits per heavy atom. The van der Waals surface area contributed by atoms with Crippen LogP contribution >= 0.6 is 0 Å². The largest absolute Gasteiger partial charge is 0.496 e. The molecule has 0 aliphatic carbocycles. The van der Waals surface area contributed by atoms with Gasteiger partial charge in [0.05, 0.1) is 12.8 Å². The number of carboxylic acids is 1. The van der Waals surface area contributed by atoms with Crippen LogP contribution in [0, 0.1) is 13.8 Å². The van der Waals surface area contributed by atoms with Crippen LogP contribution in [0.3, 0.4) is 0 Å². The van der Waals surface area contributed by atoms with Gasteiger partial charge in [-0.3, -0.25) is 4.68 Å². The number of carboxylic acid groups (broad SMARTS) is 1. The average Bonchev–Trinajstić information content (AvgIpc) is 2.73. The van der Waals surface area contributed by atoms with Gasteiger partial charge in [-0.2, -0.15) is 5.10 Å². The van der Waals surface area contributed by atoms with E-state index in [0.29, 0.717) is 5.69 Å². The van der Waals surface area contributed by atoms with E-state index < -0.39 is 5.97 Å². The van der Waals surface area contributed by atoms with Crippen LogP contribution in [-0.4, -0.2) is 28.0 Å². The lowest BCUT2D eigenvalue weighted by atomic mass is 10.0. The van der Waals surface area contributed by atoms with Crippen LogP contribution in [-0.2, 0) is 7.05 Å². The Labute approximate surface area is 111 Å². The molecule has 1 aromatic heterocycles. The first kappa shape index (κ1) is 13.1. The van der Waals surface area contributed by atoms with Crippen molar-refractivity contribution in [1.29, 1.82) is 0 Å². The number of rotatable bonds is 3. The molecule has 1 heterocycles. The molecule has 0 atom stereocenters. The Bertz CT molecular complexity index is 644. The van der Waals surface area contributed by atoms with E-state index in [2.05, 4.69) is 5.10 Å². The predicted molar refractivity (Wildman–Crippen MR) is 71.6 cm³/mol. The van der Waals surface area contributed by atoms with Crippen molar-refractivity contribution in [3.8, 4) is 17.0 Å². The molecule has 1 N–H and O–H groups in total. The number of aromatic carboxylic acids is 1. The van der Waals surface area contributed by atoms with Gasteiger partial charge in [-0.15, -0.1) is 0 Å². The molecule has 5 heteroatoms. The maximum absolute atomic E-state index is 11.0. The van der Waals surface area contributed by atoms with Gasteiger partial charge in [-0.05, 0) is 43.2 Å². The van der Waals surface area contributed by atoms with E-state index in [1.165, 1.54) is 4.68 Å². The Morgan fingerprint density at radius 2 is 1.95 bits per heavy atom. The zero-order chi connectivity index (χ0) is 14.2. The fourth-order valence-electron chi connectivity index (χ4n) is 2.08. The molecule has 19 heavy (non-hydrogen) atoms. The zero-order valence-corrected chi connectivity index (χ0v) is 11.4. The second kappa shape index (κ2) is 4.76. The molecule has 0 aliphatic heterocycles. The first-order valence-electron chi connectivity index (χ1n) is 5.87. The van der Waals surface area contributed by atoms with Crippen molar-refractivity contribution >= 4 is 5.97 Å². The van der Waals surface area contributed by atoms with E-state index in [0.717, 1.165) is 22.4 Å². The Hall–Kier alpha value is -2.30. The summed E-state index contributed by atoms with van der Waals surface area (Å²) in [6.07, 6.45) is 0. The predicted octanol–water partition coefficient (Wildman–Crippen LogP) is 2.41. The number of nitrogens with zero attached hydrogens (tertiary/aromatic N) is 2. The van der Waals surface area contributed by atoms with E-state index in [1.54, 1.807) is 20.2 Å². The molecule has 0 spiro atoms. The highest BCUT2D eigenvalue weighted by Crippen LogP contribution is 2.29. The highest BCUT2D eigenvalue weighted by molar-refractivity contribution is 5.87. The van der Waals surface area contributed by atoms with Crippen molar-refractivity contribution in [3.05, 3.63) is 35.0 Å². The molecule has 0 bridgehead atoms. The molecular weight excluding hydrogens is 244 g/mol. The van der Waals surface area contributed by atoms with E-state index in [-0.39, 0.29) is 5.69 Å². The fraction of sp³-hybridized carbons (Fsp3) is 0.286. The number of ether oxygens (including phenoxy) is 1. The zero-order valence-electron chi connectivity index (χ0n) is 11.4. The first-order chi connectivity index (χ1) is 8.93. The van der Waals surface area contributed by atoms with Crippen molar-refractivity contribution in [1.82, 2.24) is 9.78 Å². The summed E-state index contributed by atoms with van der Waals surface area (Å²) in [6, 6.07) is 5.47. The minimum Gasteiger partial charge on any atom is -0.496 e. The summed E-state index contributed by atoms with van der Waals surface area (Å²) < 4.78 is 6.64. The number of hydrogen-bond donors (Lipinski definition) is 1. The van der Waals surface area contributed by atoms with Crippen molar-refractivity contribution in [2.24, 2.45) is 7.05 Å². The highest BCUT2D eigenvalue weighted by atomic mass is 16.5. The summed E-state index contributed by atoms with van der Waals surface area (Å²) in [5.41, 5.74) is 3.73. The molecule has 0 saturated heterocycles. The Balaban J connectivity index is 2.56. The maximum Gasteiger partial charge on any atom is 0.354 e. The first-order valence-corrected chi connectivity index (χ1v) is 5.87. The number of carbonyl (C=O) groups is 1. The molecule has 5 nitrogen and oxygen atoms in total. The molecule has 100 valence electrons. The van der Waals surface area contributed by atoms with E-state index in [1.807, 2.05) is 26.0 Å². The molecule has 0 saturated carbocycles. The molecular formula is C14H16N2O3. The average molecular weight is 260 g/mol. The Morgan fingerprint density at radius 3 is 2.47 bits per heavy atom. The number of benzene rings is 1. The van der Waals surface area contributed by atoms with Crippen LogP contribution in [0.5, 0.6) is 5.75 Å². The van der Waals surface area contributed by atoms with Crippen molar-refractivity contribution < 1.29 is 14.6 Å². The van der Waals surface area contributed by atoms with Gasteiger partial charge in [-0.25, -0.2) is 4.79 Å². The lowest BCUT2D eigenvalue weighted by Crippen LogP contribution is -2.04. The van der Waals surface area contributed by atoms with Crippen molar-refractivity contribution in [2.75, 3.05) is 7.11 Å². The summed E-state index contributed by atoms with van der Waals surface area (Å²) in [6.45, 7) is 3.90. The minimum absolute atomic E-state index is 0.169. The third kappa shape index (κ3) is 2.31.